The van der Waals surface area contributed by atoms with Crippen molar-refractivity contribution >= 4 is 5.78 Å². The first-order valence-electron chi connectivity index (χ1n) is 5.56. The Bertz CT molecular complexity index is 591. The van der Waals surface area contributed by atoms with Gasteiger partial charge in [-0.3, -0.25) is 4.79 Å². The first kappa shape index (κ1) is 12.3. The van der Waals surface area contributed by atoms with Crippen molar-refractivity contribution in [2.75, 3.05) is 7.11 Å². The molecule has 0 amide bonds. The Morgan fingerprint density at radius 3 is 2.56 bits per heavy atom. The number of rotatable bonds is 3. The Morgan fingerprint density at radius 1 is 1.17 bits per heavy atom. The Kier molecular flexibility index (Phi) is 3.42. The summed E-state index contributed by atoms with van der Waals surface area (Å²) in [6.07, 6.45) is 0. The lowest BCUT2D eigenvalue weighted by molar-refractivity contribution is 0.103. The maximum Gasteiger partial charge on any atom is 0.193 e. The second-order valence-corrected chi connectivity index (χ2v) is 4.02. The fourth-order valence-electron chi connectivity index (χ4n) is 1.80. The number of hydrogen-bond donors (Lipinski definition) is 0. The second kappa shape index (κ2) is 5.00. The molecule has 0 radical (unpaired) electrons. The molecule has 0 spiro atoms. The third kappa shape index (κ3) is 2.40. The molecule has 2 aromatic carbocycles. The van der Waals surface area contributed by atoms with Crippen LogP contribution in [0.2, 0.25) is 0 Å². The molecule has 0 aliphatic heterocycles. The summed E-state index contributed by atoms with van der Waals surface area (Å²) in [5.74, 6) is 0.102. The number of halogens is 1. The Morgan fingerprint density at radius 2 is 1.94 bits per heavy atom. The van der Waals surface area contributed by atoms with Crippen LogP contribution in [-0.2, 0) is 0 Å². The molecule has 18 heavy (non-hydrogen) atoms. The lowest BCUT2D eigenvalue weighted by atomic mass is 9.99. The van der Waals surface area contributed by atoms with E-state index in [1.807, 2.05) is 6.92 Å². The smallest absolute Gasteiger partial charge is 0.193 e. The topological polar surface area (TPSA) is 26.3 Å². The summed E-state index contributed by atoms with van der Waals surface area (Å²) < 4.78 is 18.2. The van der Waals surface area contributed by atoms with Gasteiger partial charge < -0.3 is 4.74 Å². The zero-order valence-electron chi connectivity index (χ0n) is 10.2. The van der Waals surface area contributed by atoms with Crippen molar-refractivity contribution in [3.63, 3.8) is 0 Å². The molecule has 0 heterocycles. The number of carbonyl (C=O) groups is 1. The minimum Gasteiger partial charge on any atom is -0.497 e. The summed E-state index contributed by atoms with van der Waals surface area (Å²) in [6.45, 7) is 1.83. The average Bonchev–Trinajstić information content (AvgIpc) is 2.37. The minimum absolute atomic E-state index is 0.186. The van der Waals surface area contributed by atoms with E-state index in [1.54, 1.807) is 31.4 Å². The first-order valence-corrected chi connectivity index (χ1v) is 5.56. The van der Waals surface area contributed by atoms with Crippen molar-refractivity contribution in [1.29, 1.82) is 0 Å². The number of benzene rings is 2. The molecule has 0 atom stereocenters. The third-order valence-electron chi connectivity index (χ3n) is 2.77. The Balaban J connectivity index is 2.40. The van der Waals surface area contributed by atoms with E-state index in [2.05, 4.69) is 0 Å². The van der Waals surface area contributed by atoms with Crippen LogP contribution in [0.15, 0.2) is 42.5 Å². The highest BCUT2D eigenvalue weighted by atomic mass is 19.1. The zero-order valence-corrected chi connectivity index (χ0v) is 10.2. The van der Waals surface area contributed by atoms with Crippen molar-refractivity contribution in [2.24, 2.45) is 0 Å². The monoisotopic (exact) mass is 244 g/mol. The van der Waals surface area contributed by atoms with Crippen LogP contribution in [0.4, 0.5) is 4.39 Å². The molecule has 0 unspecified atom stereocenters. The normalized spacial score (nSPS) is 10.2. The molecule has 0 saturated carbocycles. The minimum atomic E-state index is -0.410. The molecule has 0 saturated heterocycles. The fraction of sp³-hybridized carbons (Fsp3) is 0.133. The highest BCUT2D eigenvalue weighted by Crippen LogP contribution is 2.20. The van der Waals surface area contributed by atoms with E-state index >= 15 is 0 Å². The van der Waals surface area contributed by atoms with E-state index < -0.39 is 5.82 Å². The number of hydrogen-bond acceptors (Lipinski definition) is 2. The number of aryl methyl sites for hydroxylation is 1. The molecule has 2 aromatic rings. The van der Waals surface area contributed by atoms with Crippen LogP contribution in [0.5, 0.6) is 5.75 Å². The maximum absolute atomic E-state index is 13.1. The standard InChI is InChI=1S/C15H13FO2/c1-10-8-13(18-2)6-7-14(10)15(17)11-4-3-5-12(16)9-11/h3-9H,1-2H3. The molecule has 3 heteroatoms. The Labute approximate surface area is 105 Å². The molecule has 92 valence electrons. The summed E-state index contributed by atoms with van der Waals surface area (Å²) in [6, 6.07) is 10.9. The number of methoxy groups -OCH3 is 1. The van der Waals surface area contributed by atoms with E-state index in [-0.39, 0.29) is 5.78 Å². The summed E-state index contributed by atoms with van der Waals surface area (Å²) in [5.41, 5.74) is 1.72. The third-order valence-corrected chi connectivity index (χ3v) is 2.77. The fourth-order valence-corrected chi connectivity index (χ4v) is 1.80. The summed E-state index contributed by atoms with van der Waals surface area (Å²) >= 11 is 0. The largest absolute Gasteiger partial charge is 0.497 e. The van der Waals surface area contributed by atoms with Crippen LogP contribution in [0.3, 0.4) is 0 Å². The lowest BCUT2D eigenvalue weighted by Gasteiger charge is -2.07. The van der Waals surface area contributed by atoms with Gasteiger partial charge in [0, 0.05) is 11.1 Å². The van der Waals surface area contributed by atoms with Gasteiger partial charge in [0.05, 0.1) is 7.11 Å². The molecule has 0 N–H and O–H groups in total. The van der Waals surface area contributed by atoms with Crippen molar-refractivity contribution in [2.45, 2.75) is 6.92 Å². The molecular formula is C15H13FO2. The van der Waals surface area contributed by atoms with E-state index in [9.17, 15) is 9.18 Å². The second-order valence-electron chi connectivity index (χ2n) is 4.02. The first-order chi connectivity index (χ1) is 8.61. The Hall–Kier alpha value is -2.16. The van der Waals surface area contributed by atoms with Crippen LogP contribution < -0.4 is 4.74 Å². The van der Waals surface area contributed by atoms with Crippen LogP contribution in [0.25, 0.3) is 0 Å². The number of ketones is 1. The molecule has 0 bridgehead atoms. The van der Waals surface area contributed by atoms with E-state index in [1.165, 1.54) is 18.2 Å². The van der Waals surface area contributed by atoms with Gasteiger partial charge in [0.1, 0.15) is 11.6 Å². The quantitative estimate of drug-likeness (QED) is 0.774. The van der Waals surface area contributed by atoms with E-state index in [0.717, 1.165) is 5.56 Å². The van der Waals surface area contributed by atoms with Gasteiger partial charge in [-0.1, -0.05) is 12.1 Å². The van der Waals surface area contributed by atoms with Gasteiger partial charge in [0.25, 0.3) is 0 Å². The molecule has 0 aliphatic carbocycles. The van der Waals surface area contributed by atoms with Crippen LogP contribution in [-0.4, -0.2) is 12.9 Å². The lowest BCUT2D eigenvalue weighted by Crippen LogP contribution is -2.04. The summed E-state index contributed by atoms with van der Waals surface area (Å²) in [7, 11) is 1.57. The van der Waals surface area contributed by atoms with Crippen molar-refractivity contribution in [3.05, 3.63) is 65.0 Å². The van der Waals surface area contributed by atoms with E-state index in [4.69, 9.17) is 4.74 Å². The van der Waals surface area contributed by atoms with Gasteiger partial charge in [-0.2, -0.15) is 0 Å². The molecular weight excluding hydrogens is 231 g/mol. The van der Waals surface area contributed by atoms with Crippen LogP contribution >= 0.6 is 0 Å². The van der Waals surface area contributed by atoms with Crippen molar-refractivity contribution in [1.82, 2.24) is 0 Å². The SMILES string of the molecule is COc1ccc(C(=O)c2cccc(F)c2)c(C)c1. The number of carbonyl (C=O) groups excluding carboxylic acids is 1. The van der Waals surface area contributed by atoms with Gasteiger partial charge >= 0.3 is 0 Å². The van der Waals surface area contributed by atoms with Gasteiger partial charge in [-0.15, -0.1) is 0 Å². The predicted molar refractivity (Wildman–Crippen MR) is 67.6 cm³/mol. The summed E-state index contributed by atoms with van der Waals surface area (Å²) in [5, 5.41) is 0. The summed E-state index contributed by atoms with van der Waals surface area (Å²) in [4.78, 5) is 12.2. The maximum atomic E-state index is 13.1. The molecule has 0 aromatic heterocycles. The van der Waals surface area contributed by atoms with Gasteiger partial charge in [-0.05, 0) is 42.8 Å². The van der Waals surface area contributed by atoms with Crippen LogP contribution in [0, 0.1) is 12.7 Å². The molecule has 2 rings (SSSR count). The number of ether oxygens (including phenoxy) is 1. The van der Waals surface area contributed by atoms with Gasteiger partial charge in [0.2, 0.25) is 0 Å². The van der Waals surface area contributed by atoms with Crippen LogP contribution in [0.1, 0.15) is 21.5 Å². The highest BCUT2D eigenvalue weighted by Gasteiger charge is 2.12. The van der Waals surface area contributed by atoms with Gasteiger partial charge in [-0.25, -0.2) is 4.39 Å². The van der Waals surface area contributed by atoms with Crippen molar-refractivity contribution in [3.8, 4) is 5.75 Å². The highest BCUT2D eigenvalue weighted by molar-refractivity contribution is 6.09. The average molecular weight is 244 g/mol. The van der Waals surface area contributed by atoms with Gasteiger partial charge in [0.15, 0.2) is 5.78 Å². The molecule has 2 nitrogen and oxygen atoms in total. The van der Waals surface area contributed by atoms with E-state index in [0.29, 0.717) is 16.9 Å². The molecule has 0 fully saturated rings. The molecule has 0 aliphatic rings. The van der Waals surface area contributed by atoms with Crippen molar-refractivity contribution < 1.29 is 13.9 Å². The predicted octanol–water partition coefficient (Wildman–Crippen LogP) is 3.37. The zero-order chi connectivity index (χ0) is 13.1.